The van der Waals surface area contributed by atoms with Crippen molar-refractivity contribution in [1.82, 2.24) is 15.5 Å². The second-order valence-corrected chi connectivity index (χ2v) is 10.9. The van der Waals surface area contributed by atoms with Gasteiger partial charge in [0.1, 0.15) is 24.2 Å². The lowest BCUT2D eigenvalue weighted by atomic mass is 9.92. The van der Waals surface area contributed by atoms with E-state index in [1.165, 1.54) is 7.11 Å². The van der Waals surface area contributed by atoms with Crippen molar-refractivity contribution in [2.75, 3.05) is 13.7 Å². The van der Waals surface area contributed by atoms with Gasteiger partial charge in [-0.25, -0.2) is 4.79 Å². The topological polar surface area (TPSA) is 114 Å². The van der Waals surface area contributed by atoms with Crippen molar-refractivity contribution >= 4 is 23.9 Å². The van der Waals surface area contributed by atoms with Crippen molar-refractivity contribution in [3.63, 3.8) is 0 Å². The van der Waals surface area contributed by atoms with E-state index in [2.05, 4.69) is 15.4 Å². The molecular formula is C27H41N3O6. The van der Waals surface area contributed by atoms with Crippen LogP contribution in [0.1, 0.15) is 70.7 Å². The van der Waals surface area contributed by atoms with Crippen LogP contribution in [0.2, 0.25) is 0 Å². The van der Waals surface area contributed by atoms with Crippen LogP contribution < -0.4 is 10.6 Å². The molecule has 0 saturated heterocycles. The maximum atomic E-state index is 14.1. The first-order valence-corrected chi connectivity index (χ1v) is 12.4. The Morgan fingerprint density at radius 2 is 1.67 bits per heavy atom. The van der Waals surface area contributed by atoms with Gasteiger partial charge in [0.2, 0.25) is 11.8 Å². The van der Waals surface area contributed by atoms with Crippen molar-refractivity contribution in [3.05, 3.63) is 34.9 Å². The lowest BCUT2D eigenvalue weighted by Crippen LogP contribution is -2.56. The Morgan fingerprint density at radius 1 is 1.11 bits per heavy atom. The van der Waals surface area contributed by atoms with Crippen LogP contribution in [0.3, 0.4) is 0 Å². The molecule has 0 bridgehead atoms. The van der Waals surface area contributed by atoms with Crippen LogP contribution in [0.5, 0.6) is 0 Å². The Kier molecular flexibility index (Phi) is 9.51. The van der Waals surface area contributed by atoms with E-state index in [4.69, 9.17) is 4.74 Å². The van der Waals surface area contributed by atoms with Crippen LogP contribution in [-0.2, 0) is 23.9 Å². The summed E-state index contributed by atoms with van der Waals surface area (Å²) in [5.41, 5.74) is 1.67. The van der Waals surface area contributed by atoms with Crippen LogP contribution in [0.25, 0.3) is 0 Å². The number of benzene rings is 1. The highest BCUT2D eigenvalue weighted by molar-refractivity contribution is 5.94. The number of alkyl carbamates (subject to hydrolysis) is 1. The predicted molar refractivity (Wildman–Crippen MR) is 136 cm³/mol. The van der Waals surface area contributed by atoms with Crippen LogP contribution in [0.15, 0.2) is 18.2 Å². The smallest absolute Gasteiger partial charge is 0.408 e. The first kappa shape index (κ1) is 29.1. The maximum Gasteiger partial charge on any atom is 0.408 e. The fourth-order valence-electron chi connectivity index (χ4n) is 4.26. The SMILES string of the molecule is COC(=O)CNC(=O)C(c1c(C)cccc1C)N(C(=O)C(NC(=O)OC(C)(C)C)C(C)C)C1CC1C. The van der Waals surface area contributed by atoms with Crippen LogP contribution in [-0.4, -0.2) is 60.1 Å². The Morgan fingerprint density at radius 3 is 2.11 bits per heavy atom. The summed E-state index contributed by atoms with van der Waals surface area (Å²) in [7, 11) is 1.24. The summed E-state index contributed by atoms with van der Waals surface area (Å²) in [5, 5.41) is 5.37. The van der Waals surface area contributed by atoms with E-state index in [1.807, 2.05) is 52.8 Å². The zero-order valence-electron chi connectivity index (χ0n) is 22.9. The van der Waals surface area contributed by atoms with E-state index in [0.29, 0.717) is 5.56 Å². The summed E-state index contributed by atoms with van der Waals surface area (Å²) < 4.78 is 10.1. The summed E-state index contributed by atoms with van der Waals surface area (Å²) in [5.74, 6) is -1.52. The van der Waals surface area contributed by atoms with E-state index in [9.17, 15) is 19.2 Å². The molecule has 9 heteroatoms. The van der Waals surface area contributed by atoms with Gasteiger partial charge < -0.3 is 25.0 Å². The summed E-state index contributed by atoms with van der Waals surface area (Å²) in [6, 6.07) is 3.59. The van der Waals surface area contributed by atoms with E-state index >= 15 is 0 Å². The lowest BCUT2D eigenvalue weighted by Gasteiger charge is -2.37. The van der Waals surface area contributed by atoms with Gasteiger partial charge in [-0.05, 0) is 69.6 Å². The van der Waals surface area contributed by atoms with E-state index in [0.717, 1.165) is 17.5 Å². The molecule has 1 saturated carbocycles. The Hall–Kier alpha value is -3.10. The molecule has 1 aliphatic carbocycles. The fraction of sp³-hybridized carbons (Fsp3) is 0.630. The van der Waals surface area contributed by atoms with Crippen molar-refractivity contribution in [3.8, 4) is 0 Å². The lowest BCUT2D eigenvalue weighted by molar-refractivity contribution is -0.146. The minimum Gasteiger partial charge on any atom is -0.468 e. The third-order valence-electron chi connectivity index (χ3n) is 6.26. The second kappa shape index (κ2) is 11.8. The second-order valence-electron chi connectivity index (χ2n) is 10.9. The average Bonchev–Trinajstić information content (AvgIpc) is 3.48. The highest BCUT2D eigenvalue weighted by atomic mass is 16.6. The number of ether oxygens (including phenoxy) is 2. The van der Waals surface area contributed by atoms with E-state index in [1.54, 1.807) is 25.7 Å². The fourth-order valence-corrected chi connectivity index (χ4v) is 4.26. The van der Waals surface area contributed by atoms with Gasteiger partial charge in [0.25, 0.3) is 0 Å². The molecule has 0 aromatic heterocycles. The third kappa shape index (κ3) is 7.45. The summed E-state index contributed by atoms with van der Waals surface area (Å²) >= 11 is 0. The highest BCUT2D eigenvalue weighted by Gasteiger charge is 2.49. The minimum absolute atomic E-state index is 0.184. The van der Waals surface area contributed by atoms with E-state index < -0.39 is 35.7 Å². The van der Waals surface area contributed by atoms with Gasteiger partial charge >= 0.3 is 12.1 Å². The molecule has 4 unspecified atom stereocenters. The van der Waals surface area contributed by atoms with Crippen molar-refractivity contribution in [2.24, 2.45) is 11.8 Å². The molecule has 2 N–H and O–H groups in total. The zero-order chi connectivity index (χ0) is 27.4. The monoisotopic (exact) mass is 503 g/mol. The molecule has 0 aliphatic heterocycles. The third-order valence-corrected chi connectivity index (χ3v) is 6.26. The van der Waals surface area contributed by atoms with Crippen LogP contribution in [0.4, 0.5) is 4.79 Å². The van der Waals surface area contributed by atoms with Gasteiger partial charge in [0.15, 0.2) is 0 Å². The van der Waals surface area contributed by atoms with Gasteiger partial charge in [0.05, 0.1) is 7.11 Å². The number of carbonyl (C=O) groups excluding carboxylic acids is 4. The largest absolute Gasteiger partial charge is 0.468 e. The molecule has 200 valence electrons. The summed E-state index contributed by atoms with van der Waals surface area (Å²) in [6.45, 7) is 14.4. The highest BCUT2D eigenvalue weighted by Crippen LogP contribution is 2.42. The first-order valence-electron chi connectivity index (χ1n) is 12.4. The van der Waals surface area contributed by atoms with Gasteiger partial charge in [0, 0.05) is 6.04 Å². The van der Waals surface area contributed by atoms with Crippen molar-refractivity contribution in [1.29, 1.82) is 0 Å². The molecule has 1 fully saturated rings. The maximum absolute atomic E-state index is 14.1. The minimum atomic E-state index is -0.986. The Balaban J connectivity index is 2.54. The standard InChI is InChI=1S/C27H41N3O6/c1-15(2)22(29-26(34)36-27(6,7)8)25(33)30(19-13-18(19)5)23(24(32)28-14-20(31)35-9)21-16(3)11-10-12-17(21)4/h10-12,15,18-19,22-23H,13-14H2,1-9H3,(H,28,32)(H,29,34). The van der Waals surface area contributed by atoms with Gasteiger partial charge in [-0.1, -0.05) is 39.0 Å². The molecule has 4 atom stereocenters. The van der Waals surface area contributed by atoms with Gasteiger partial charge in [-0.3, -0.25) is 14.4 Å². The van der Waals surface area contributed by atoms with Gasteiger partial charge in [-0.2, -0.15) is 0 Å². The molecule has 1 aliphatic rings. The van der Waals surface area contributed by atoms with Crippen molar-refractivity contribution in [2.45, 2.75) is 85.5 Å². The number of methoxy groups -OCH3 is 1. The van der Waals surface area contributed by atoms with Crippen molar-refractivity contribution < 1.29 is 28.7 Å². The predicted octanol–water partition coefficient (Wildman–Crippen LogP) is 3.42. The van der Waals surface area contributed by atoms with Crippen LogP contribution >= 0.6 is 0 Å². The molecule has 0 spiro atoms. The number of carbonyl (C=O) groups is 4. The molecule has 36 heavy (non-hydrogen) atoms. The number of hydrogen-bond donors (Lipinski definition) is 2. The normalized spacial score (nSPS) is 18.6. The first-order chi connectivity index (χ1) is 16.7. The molecule has 3 amide bonds. The number of rotatable bonds is 9. The quantitative estimate of drug-likeness (QED) is 0.499. The average molecular weight is 504 g/mol. The molecule has 0 radical (unpaired) electrons. The molecular weight excluding hydrogens is 462 g/mol. The number of hydrogen-bond acceptors (Lipinski definition) is 6. The molecule has 0 heterocycles. The molecule has 1 aromatic carbocycles. The van der Waals surface area contributed by atoms with Crippen LogP contribution in [0, 0.1) is 25.7 Å². The number of esters is 1. The molecule has 2 rings (SSSR count). The van der Waals surface area contributed by atoms with E-state index in [-0.39, 0.29) is 30.3 Å². The molecule has 9 nitrogen and oxygen atoms in total. The summed E-state index contributed by atoms with van der Waals surface area (Å²) in [6.07, 6.45) is 0.0337. The van der Waals surface area contributed by atoms with Gasteiger partial charge in [-0.15, -0.1) is 0 Å². The zero-order valence-corrected chi connectivity index (χ0v) is 22.9. The molecule has 1 aromatic rings. The Labute approximate surface area is 214 Å². The number of nitrogens with zero attached hydrogens (tertiary/aromatic N) is 1. The Bertz CT molecular complexity index is 964. The number of aryl methyl sites for hydroxylation is 2. The summed E-state index contributed by atoms with van der Waals surface area (Å²) in [4.78, 5) is 53.7. The number of nitrogens with one attached hydrogen (secondary N) is 2. The number of amides is 3.